The van der Waals surface area contributed by atoms with Crippen molar-refractivity contribution in [2.24, 2.45) is 23.2 Å². The van der Waals surface area contributed by atoms with E-state index < -0.39 is 0 Å². The molecule has 1 aromatic carbocycles. The number of phenols is 1. The lowest BCUT2D eigenvalue weighted by atomic mass is 9.54. The summed E-state index contributed by atoms with van der Waals surface area (Å²) < 4.78 is 6.10. The van der Waals surface area contributed by atoms with Crippen LogP contribution >= 0.6 is 0 Å². The minimum absolute atomic E-state index is 0.436. The maximum atomic E-state index is 9.89. The minimum Gasteiger partial charge on any atom is -0.508 e. The quantitative estimate of drug-likeness (QED) is 0.688. The summed E-state index contributed by atoms with van der Waals surface area (Å²) in [6.07, 6.45) is 9.22. The van der Waals surface area contributed by atoms with Gasteiger partial charge < -0.3 is 15.2 Å². The number of hydrogen-bond acceptors (Lipinski definition) is 4. The van der Waals surface area contributed by atoms with Gasteiger partial charge in [-0.3, -0.25) is 4.90 Å². The van der Waals surface area contributed by atoms with E-state index in [4.69, 9.17) is 4.74 Å². The summed E-state index contributed by atoms with van der Waals surface area (Å²) in [4.78, 5) is 2.52. The predicted octanol–water partition coefficient (Wildman–Crippen LogP) is 4.18. The number of benzene rings is 1. The van der Waals surface area contributed by atoms with Crippen LogP contribution in [0.3, 0.4) is 0 Å². The van der Waals surface area contributed by atoms with Crippen LogP contribution in [-0.2, 0) is 11.2 Å². The number of nitrogens with one attached hydrogen (secondary N) is 1. The van der Waals surface area contributed by atoms with Crippen LogP contribution in [0.4, 0.5) is 0 Å². The van der Waals surface area contributed by atoms with E-state index in [1.54, 1.807) is 5.56 Å². The van der Waals surface area contributed by atoms with Crippen molar-refractivity contribution in [3.8, 4) is 5.75 Å². The first kappa shape index (κ1) is 20.8. The standard InChI is InChI=1S/C26H40N2O2/c1-26-10-8-23-22-6-4-21(29)18-19(22)2-5-24(23)25(26)7-3-20(26)9-16-30-17-15-28-13-11-27-12-14-28/h4,6,18,20,23-25,27,29H,2-3,5,7-17H2,1H3. The molecule has 3 fully saturated rings. The van der Waals surface area contributed by atoms with Gasteiger partial charge in [0, 0.05) is 39.3 Å². The van der Waals surface area contributed by atoms with Crippen LogP contribution in [0.1, 0.15) is 62.5 Å². The number of piperazine rings is 1. The van der Waals surface area contributed by atoms with Crippen LogP contribution in [0.5, 0.6) is 5.75 Å². The molecule has 1 aromatic rings. The van der Waals surface area contributed by atoms with E-state index in [9.17, 15) is 5.11 Å². The Hall–Kier alpha value is -1.10. The van der Waals surface area contributed by atoms with Crippen LogP contribution in [0, 0.1) is 23.2 Å². The zero-order valence-electron chi connectivity index (χ0n) is 18.7. The molecule has 2 N–H and O–H groups in total. The summed E-state index contributed by atoms with van der Waals surface area (Å²) in [6, 6.07) is 6.15. The van der Waals surface area contributed by atoms with E-state index in [2.05, 4.69) is 23.2 Å². The molecular weight excluding hydrogens is 372 g/mol. The Kier molecular flexibility index (Phi) is 6.10. The fraction of sp³-hybridized carbons (Fsp3) is 0.769. The summed E-state index contributed by atoms with van der Waals surface area (Å²) in [5.41, 5.74) is 3.47. The monoisotopic (exact) mass is 412 g/mol. The summed E-state index contributed by atoms with van der Waals surface area (Å²) in [5.74, 6) is 3.72. The molecule has 0 aromatic heterocycles. The zero-order valence-corrected chi connectivity index (χ0v) is 18.7. The maximum absolute atomic E-state index is 9.89. The van der Waals surface area contributed by atoms with Crippen molar-refractivity contribution >= 4 is 0 Å². The first-order valence-electron chi connectivity index (χ1n) is 12.5. The first-order chi connectivity index (χ1) is 14.6. The molecule has 1 saturated heterocycles. The second kappa shape index (κ2) is 8.80. The molecule has 0 amide bonds. The molecule has 1 heterocycles. The average molecular weight is 413 g/mol. The van der Waals surface area contributed by atoms with Crippen molar-refractivity contribution in [1.82, 2.24) is 10.2 Å². The lowest BCUT2D eigenvalue weighted by Gasteiger charge is -2.51. The van der Waals surface area contributed by atoms with Gasteiger partial charge >= 0.3 is 0 Å². The molecule has 5 unspecified atom stereocenters. The molecule has 0 bridgehead atoms. The smallest absolute Gasteiger partial charge is 0.115 e. The molecule has 2 saturated carbocycles. The van der Waals surface area contributed by atoms with Gasteiger partial charge in [-0.05, 0) is 97.3 Å². The molecule has 5 atom stereocenters. The highest BCUT2D eigenvalue weighted by Crippen LogP contribution is 2.63. The Labute approximate surface area is 182 Å². The van der Waals surface area contributed by atoms with Gasteiger partial charge in [-0.2, -0.15) is 0 Å². The summed E-state index contributed by atoms with van der Waals surface area (Å²) in [7, 11) is 0. The molecule has 5 rings (SSSR count). The van der Waals surface area contributed by atoms with Gasteiger partial charge in [0.05, 0.1) is 6.61 Å². The number of hydrogen-bond donors (Lipinski definition) is 2. The molecule has 1 aliphatic heterocycles. The summed E-state index contributed by atoms with van der Waals surface area (Å²) >= 11 is 0. The van der Waals surface area contributed by atoms with Gasteiger partial charge in [0.15, 0.2) is 0 Å². The number of aromatic hydroxyl groups is 1. The summed E-state index contributed by atoms with van der Waals surface area (Å²) in [5, 5.41) is 13.3. The van der Waals surface area contributed by atoms with Gasteiger partial charge in [0.1, 0.15) is 5.75 Å². The zero-order chi connectivity index (χ0) is 20.6. The second-order valence-corrected chi connectivity index (χ2v) is 10.6. The number of nitrogens with zero attached hydrogens (tertiary/aromatic N) is 1. The van der Waals surface area contributed by atoms with Crippen LogP contribution < -0.4 is 5.32 Å². The van der Waals surface area contributed by atoms with E-state index in [0.717, 1.165) is 76.0 Å². The number of rotatable bonds is 6. The van der Waals surface area contributed by atoms with Gasteiger partial charge in [-0.15, -0.1) is 0 Å². The fourth-order valence-corrected chi connectivity index (χ4v) is 7.61. The summed E-state index contributed by atoms with van der Waals surface area (Å²) in [6.45, 7) is 10.1. The predicted molar refractivity (Wildman–Crippen MR) is 121 cm³/mol. The molecule has 3 aliphatic carbocycles. The van der Waals surface area contributed by atoms with Crippen molar-refractivity contribution in [2.45, 2.75) is 57.8 Å². The topological polar surface area (TPSA) is 44.7 Å². The van der Waals surface area contributed by atoms with Crippen LogP contribution in [0.25, 0.3) is 0 Å². The normalized spacial score (nSPS) is 36.2. The number of ether oxygens (including phenoxy) is 1. The van der Waals surface area contributed by atoms with Crippen molar-refractivity contribution < 1.29 is 9.84 Å². The van der Waals surface area contributed by atoms with E-state index >= 15 is 0 Å². The molecule has 4 nitrogen and oxygen atoms in total. The van der Waals surface area contributed by atoms with Crippen LogP contribution in [0.2, 0.25) is 0 Å². The van der Waals surface area contributed by atoms with Crippen LogP contribution in [-0.4, -0.2) is 55.9 Å². The SMILES string of the molecule is CC12CCC3c4ccc(O)cc4CCC3C1CCC2CCOCCN1CCNCC1. The van der Waals surface area contributed by atoms with Crippen molar-refractivity contribution in [3.05, 3.63) is 29.3 Å². The Morgan fingerprint density at radius 2 is 2.00 bits per heavy atom. The van der Waals surface area contributed by atoms with E-state index in [1.165, 1.54) is 44.1 Å². The number of phenolic OH excluding ortho intramolecular Hbond substituents is 1. The Balaban J connectivity index is 1.15. The molecule has 0 spiro atoms. The lowest BCUT2D eigenvalue weighted by molar-refractivity contribution is 0.0122. The van der Waals surface area contributed by atoms with Crippen molar-refractivity contribution in [3.63, 3.8) is 0 Å². The van der Waals surface area contributed by atoms with Crippen molar-refractivity contribution in [2.75, 3.05) is 45.9 Å². The third kappa shape index (κ3) is 3.91. The average Bonchev–Trinajstić information content (AvgIpc) is 3.10. The number of aryl methyl sites for hydroxylation is 1. The number of fused-ring (bicyclic) bond motifs is 5. The molecule has 166 valence electrons. The van der Waals surface area contributed by atoms with Crippen LogP contribution in [0.15, 0.2) is 18.2 Å². The molecule has 4 aliphatic rings. The lowest BCUT2D eigenvalue weighted by Crippen LogP contribution is -2.44. The highest BCUT2D eigenvalue weighted by molar-refractivity contribution is 5.40. The van der Waals surface area contributed by atoms with Gasteiger partial charge in [0.25, 0.3) is 0 Å². The Morgan fingerprint density at radius 1 is 1.13 bits per heavy atom. The van der Waals surface area contributed by atoms with Crippen molar-refractivity contribution in [1.29, 1.82) is 0 Å². The highest BCUT2D eigenvalue weighted by Gasteiger charge is 2.54. The third-order valence-corrected chi connectivity index (χ3v) is 9.28. The van der Waals surface area contributed by atoms with E-state index in [0.29, 0.717) is 11.2 Å². The minimum atomic E-state index is 0.436. The fourth-order valence-electron chi connectivity index (χ4n) is 7.61. The van der Waals surface area contributed by atoms with E-state index in [1.807, 2.05) is 12.1 Å². The first-order valence-corrected chi connectivity index (χ1v) is 12.5. The van der Waals surface area contributed by atoms with Gasteiger partial charge in [0.2, 0.25) is 0 Å². The molecular formula is C26H40N2O2. The Morgan fingerprint density at radius 3 is 2.87 bits per heavy atom. The molecule has 0 radical (unpaired) electrons. The molecule has 4 heteroatoms. The molecule has 30 heavy (non-hydrogen) atoms. The third-order valence-electron chi connectivity index (χ3n) is 9.28. The Bertz CT molecular complexity index is 732. The van der Waals surface area contributed by atoms with Gasteiger partial charge in [-0.1, -0.05) is 13.0 Å². The highest BCUT2D eigenvalue weighted by atomic mass is 16.5. The van der Waals surface area contributed by atoms with E-state index in [-0.39, 0.29) is 0 Å². The maximum Gasteiger partial charge on any atom is 0.115 e. The largest absolute Gasteiger partial charge is 0.508 e. The second-order valence-electron chi connectivity index (χ2n) is 10.6. The van der Waals surface area contributed by atoms with Gasteiger partial charge in [-0.25, -0.2) is 0 Å².